The van der Waals surface area contributed by atoms with E-state index in [4.69, 9.17) is 16.3 Å². The molecule has 0 amide bonds. The second-order valence-electron chi connectivity index (χ2n) is 7.06. The van der Waals surface area contributed by atoms with Crippen LogP contribution in [-0.2, 0) is 13.0 Å². The molecule has 1 saturated carbocycles. The van der Waals surface area contributed by atoms with Gasteiger partial charge in [-0.05, 0) is 68.0 Å². The first-order valence-corrected chi connectivity index (χ1v) is 9.55. The molecule has 136 valence electrons. The summed E-state index contributed by atoms with van der Waals surface area (Å²) in [6.07, 6.45) is 5.49. The zero-order valence-electron chi connectivity index (χ0n) is 14.6. The van der Waals surface area contributed by atoms with Gasteiger partial charge in [0.05, 0.1) is 11.7 Å². The van der Waals surface area contributed by atoms with E-state index >= 15 is 0 Å². The van der Waals surface area contributed by atoms with Crippen LogP contribution < -0.4 is 9.64 Å². The lowest BCUT2D eigenvalue weighted by Crippen LogP contribution is -2.30. The second-order valence-corrected chi connectivity index (χ2v) is 7.49. The predicted octanol–water partition coefficient (Wildman–Crippen LogP) is 4.92. The van der Waals surface area contributed by atoms with Crippen LogP contribution in [0.25, 0.3) is 0 Å². The molecule has 0 aromatic heterocycles. The second kappa shape index (κ2) is 7.20. The van der Waals surface area contributed by atoms with E-state index in [-0.39, 0.29) is 0 Å². The van der Waals surface area contributed by atoms with Crippen LogP contribution in [0.1, 0.15) is 47.2 Å². The number of ether oxygens (including phenoxy) is 1. The number of nitrogens with zero attached hydrogens (tertiary/aromatic N) is 1. The Bertz CT molecular complexity index is 832. The summed E-state index contributed by atoms with van der Waals surface area (Å²) in [5.41, 5.74) is 3.39. The molecule has 26 heavy (non-hydrogen) atoms. The van der Waals surface area contributed by atoms with Crippen LogP contribution in [0.3, 0.4) is 0 Å². The number of carboxylic acids is 1. The van der Waals surface area contributed by atoms with Gasteiger partial charge in [-0.15, -0.1) is 0 Å². The van der Waals surface area contributed by atoms with E-state index in [2.05, 4.69) is 4.90 Å². The number of rotatable bonds is 5. The van der Waals surface area contributed by atoms with Gasteiger partial charge < -0.3 is 14.7 Å². The van der Waals surface area contributed by atoms with Crippen molar-refractivity contribution in [2.45, 2.75) is 44.8 Å². The maximum absolute atomic E-state index is 11.5. The third kappa shape index (κ3) is 3.38. The van der Waals surface area contributed by atoms with Gasteiger partial charge in [-0.3, -0.25) is 0 Å². The molecule has 1 heterocycles. The van der Waals surface area contributed by atoms with Crippen LogP contribution >= 0.6 is 11.6 Å². The van der Waals surface area contributed by atoms with Crippen LogP contribution in [0.5, 0.6) is 5.75 Å². The van der Waals surface area contributed by atoms with E-state index in [9.17, 15) is 9.90 Å². The number of halogens is 1. The maximum Gasteiger partial charge on any atom is 0.336 e. The van der Waals surface area contributed by atoms with E-state index < -0.39 is 5.97 Å². The molecule has 1 N–H and O–H groups in total. The Hall–Kier alpha value is -2.20. The average molecular weight is 372 g/mol. The Labute approximate surface area is 158 Å². The summed E-state index contributed by atoms with van der Waals surface area (Å²) < 4.78 is 6.15. The highest BCUT2D eigenvalue weighted by Gasteiger charge is 2.24. The van der Waals surface area contributed by atoms with Crippen LogP contribution in [-0.4, -0.2) is 23.7 Å². The average Bonchev–Trinajstić information content (AvgIpc) is 2.59. The summed E-state index contributed by atoms with van der Waals surface area (Å²) in [4.78, 5) is 13.8. The highest BCUT2D eigenvalue weighted by Crippen LogP contribution is 2.34. The number of carbonyl (C=O) groups is 1. The molecule has 2 aromatic carbocycles. The predicted molar refractivity (Wildman–Crippen MR) is 102 cm³/mol. The summed E-state index contributed by atoms with van der Waals surface area (Å²) in [6.45, 7) is 1.56. The Balaban J connectivity index is 1.64. The van der Waals surface area contributed by atoms with E-state index in [0.29, 0.717) is 23.2 Å². The van der Waals surface area contributed by atoms with Gasteiger partial charge in [0.2, 0.25) is 0 Å². The van der Waals surface area contributed by atoms with E-state index in [0.717, 1.165) is 54.8 Å². The molecule has 2 aliphatic rings. The molecule has 0 bridgehead atoms. The van der Waals surface area contributed by atoms with Crippen molar-refractivity contribution in [3.8, 4) is 5.75 Å². The normalized spacial score (nSPS) is 16.7. The summed E-state index contributed by atoms with van der Waals surface area (Å²) in [6, 6.07) is 11.3. The molecule has 0 radical (unpaired) electrons. The van der Waals surface area contributed by atoms with E-state index in [1.54, 1.807) is 6.07 Å². The summed E-state index contributed by atoms with van der Waals surface area (Å²) >= 11 is 6.23. The lowest BCUT2D eigenvalue weighted by Gasteiger charge is -2.33. The minimum Gasteiger partial charge on any atom is -0.490 e. The van der Waals surface area contributed by atoms with Crippen LogP contribution in [0.15, 0.2) is 36.4 Å². The van der Waals surface area contributed by atoms with Gasteiger partial charge in [-0.1, -0.05) is 17.7 Å². The fourth-order valence-electron chi connectivity index (χ4n) is 3.73. The molecule has 4 nitrogen and oxygen atoms in total. The number of aromatic carboxylic acids is 1. The minimum atomic E-state index is -0.861. The fourth-order valence-corrected chi connectivity index (χ4v) is 3.92. The number of hydrogen-bond donors (Lipinski definition) is 1. The molecule has 4 rings (SSSR count). The Morgan fingerprint density at radius 2 is 2.08 bits per heavy atom. The smallest absolute Gasteiger partial charge is 0.336 e. The van der Waals surface area contributed by atoms with Crippen molar-refractivity contribution < 1.29 is 14.6 Å². The van der Waals surface area contributed by atoms with Crippen LogP contribution in [0, 0.1) is 0 Å². The molecule has 0 unspecified atom stereocenters. The largest absolute Gasteiger partial charge is 0.490 e. The number of fused-ring (bicyclic) bond motifs is 1. The van der Waals surface area contributed by atoms with Crippen LogP contribution in [0.4, 0.5) is 5.69 Å². The van der Waals surface area contributed by atoms with Crippen molar-refractivity contribution in [1.82, 2.24) is 0 Å². The van der Waals surface area contributed by atoms with Crippen molar-refractivity contribution in [2.24, 2.45) is 0 Å². The molecule has 1 aliphatic carbocycles. The van der Waals surface area contributed by atoms with Gasteiger partial charge in [0.15, 0.2) is 0 Å². The number of carboxylic acid groups (broad SMARTS) is 1. The fraction of sp³-hybridized carbons (Fsp3) is 0.381. The first-order valence-electron chi connectivity index (χ1n) is 9.17. The van der Waals surface area contributed by atoms with Gasteiger partial charge in [0, 0.05) is 29.4 Å². The summed E-state index contributed by atoms with van der Waals surface area (Å²) in [7, 11) is 0. The third-order valence-corrected chi connectivity index (χ3v) is 5.54. The van der Waals surface area contributed by atoms with Crippen molar-refractivity contribution in [2.75, 3.05) is 11.4 Å². The molecule has 5 heteroatoms. The Morgan fingerprint density at radius 3 is 2.81 bits per heavy atom. The van der Waals surface area contributed by atoms with Crippen molar-refractivity contribution in [3.05, 3.63) is 58.1 Å². The first kappa shape index (κ1) is 17.2. The lowest BCUT2D eigenvalue weighted by molar-refractivity contribution is 0.0695. The van der Waals surface area contributed by atoms with Crippen molar-refractivity contribution >= 4 is 23.3 Å². The van der Waals surface area contributed by atoms with Gasteiger partial charge in [0.1, 0.15) is 5.75 Å². The van der Waals surface area contributed by atoms with E-state index in [1.807, 2.05) is 30.3 Å². The third-order valence-electron chi connectivity index (χ3n) is 5.31. The van der Waals surface area contributed by atoms with Gasteiger partial charge in [-0.25, -0.2) is 4.79 Å². The highest BCUT2D eigenvalue weighted by atomic mass is 35.5. The van der Waals surface area contributed by atoms with Crippen LogP contribution in [0.2, 0.25) is 5.02 Å². The maximum atomic E-state index is 11.5. The summed E-state index contributed by atoms with van der Waals surface area (Å²) in [5.74, 6) is 0.0288. The van der Waals surface area contributed by atoms with Crippen molar-refractivity contribution in [3.63, 3.8) is 0 Å². The molecular weight excluding hydrogens is 350 g/mol. The monoisotopic (exact) mass is 371 g/mol. The summed E-state index contributed by atoms with van der Waals surface area (Å²) in [5, 5.41) is 10.2. The van der Waals surface area contributed by atoms with Gasteiger partial charge >= 0.3 is 5.97 Å². The molecule has 0 spiro atoms. The SMILES string of the molecule is O=C(O)c1cccc2c1CCCN2Cc1cc(Cl)ccc1OC1CCC1. The molecule has 1 fully saturated rings. The lowest BCUT2D eigenvalue weighted by atomic mass is 9.95. The molecule has 1 aliphatic heterocycles. The topological polar surface area (TPSA) is 49.8 Å². The molecule has 0 saturated heterocycles. The van der Waals surface area contributed by atoms with Gasteiger partial charge in [-0.2, -0.15) is 0 Å². The minimum absolute atomic E-state index is 0.308. The molecule has 0 atom stereocenters. The Morgan fingerprint density at radius 1 is 1.23 bits per heavy atom. The number of anilines is 1. The number of benzene rings is 2. The Kier molecular flexibility index (Phi) is 4.77. The number of hydrogen-bond acceptors (Lipinski definition) is 3. The van der Waals surface area contributed by atoms with Gasteiger partial charge in [0.25, 0.3) is 0 Å². The molecule has 2 aromatic rings. The molecular formula is C21H22ClNO3. The highest BCUT2D eigenvalue weighted by molar-refractivity contribution is 6.30. The zero-order valence-corrected chi connectivity index (χ0v) is 15.3. The van der Waals surface area contributed by atoms with Crippen molar-refractivity contribution in [1.29, 1.82) is 0 Å². The standard InChI is InChI=1S/C21H22ClNO3/c22-15-9-10-20(26-16-4-1-5-16)14(12-15)13-23-11-3-7-17-18(21(24)25)6-2-8-19(17)23/h2,6,8-10,12,16H,1,3-5,7,11,13H2,(H,24,25). The zero-order chi connectivity index (χ0) is 18.1. The quantitative estimate of drug-likeness (QED) is 0.810. The van der Waals surface area contributed by atoms with E-state index in [1.165, 1.54) is 6.42 Å². The first-order chi connectivity index (χ1) is 12.6.